The van der Waals surface area contributed by atoms with Gasteiger partial charge in [0.15, 0.2) is 0 Å². The molecule has 1 unspecified atom stereocenters. The van der Waals surface area contributed by atoms with Gasteiger partial charge >= 0.3 is 5.97 Å². The van der Waals surface area contributed by atoms with Gasteiger partial charge in [0.1, 0.15) is 5.75 Å². The summed E-state index contributed by atoms with van der Waals surface area (Å²) in [6, 6.07) is 9.55. The summed E-state index contributed by atoms with van der Waals surface area (Å²) in [5.41, 5.74) is 1.93. The standard InChI is InChI=1S/C23H21Cl2NO4/c1-12-18(19(23(29)30)13-4-2-3-5-13)20-16(10-11-17(27)21(20)25)26(12)22(28)14-6-8-15(24)9-7-14/h6-11,13,19,27H,2-5H2,1H3,(H,29,30). The van der Waals surface area contributed by atoms with Gasteiger partial charge in [-0.15, -0.1) is 0 Å². The van der Waals surface area contributed by atoms with Gasteiger partial charge in [0, 0.05) is 21.7 Å². The summed E-state index contributed by atoms with van der Waals surface area (Å²) in [5, 5.41) is 21.3. The molecular formula is C23H21Cl2NO4. The molecule has 1 atom stereocenters. The number of carbonyl (C=O) groups is 2. The van der Waals surface area contributed by atoms with Gasteiger partial charge < -0.3 is 10.2 Å². The third-order valence-electron chi connectivity index (χ3n) is 6.08. The first kappa shape index (κ1) is 20.8. The maximum absolute atomic E-state index is 13.4. The highest BCUT2D eigenvalue weighted by atomic mass is 35.5. The van der Waals surface area contributed by atoms with Crippen molar-refractivity contribution in [2.45, 2.75) is 38.5 Å². The zero-order chi connectivity index (χ0) is 21.6. The smallest absolute Gasteiger partial charge is 0.311 e. The first-order chi connectivity index (χ1) is 14.3. The van der Waals surface area contributed by atoms with Gasteiger partial charge in [-0.05, 0) is 67.6 Å². The average molecular weight is 446 g/mol. The Morgan fingerprint density at radius 3 is 2.30 bits per heavy atom. The van der Waals surface area contributed by atoms with E-state index in [1.807, 2.05) is 0 Å². The Hall–Kier alpha value is -2.50. The number of phenols is 1. The molecule has 3 aromatic rings. The Morgan fingerprint density at radius 1 is 1.07 bits per heavy atom. The number of nitrogens with zero attached hydrogens (tertiary/aromatic N) is 1. The number of carboxylic acids is 1. The average Bonchev–Trinajstić information content (AvgIpc) is 3.32. The molecule has 1 heterocycles. The Kier molecular flexibility index (Phi) is 5.51. The van der Waals surface area contributed by atoms with E-state index in [0.717, 1.165) is 25.7 Å². The van der Waals surface area contributed by atoms with E-state index in [2.05, 4.69) is 0 Å². The monoisotopic (exact) mass is 445 g/mol. The second-order valence-electron chi connectivity index (χ2n) is 7.80. The lowest BCUT2D eigenvalue weighted by Gasteiger charge is -2.20. The van der Waals surface area contributed by atoms with E-state index >= 15 is 0 Å². The molecule has 1 aliphatic rings. The van der Waals surface area contributed by atoms with Crippen molar-refractivity contribution in [1.29, 1.82) is 0 Å². The maximum Gasteiger partial charge on any atom is 0.311 e. The van der Waals surface area contributed by atoms with Gasteiger partial charge in [0.25, 0.3) is 5.91 Å². The molecular weight excluding hydrogens is 425 g/mol. The van der Waals surface area contributed by atoms with E-state index in [1.165, 1.54) is 10.6 Å². The second-order valence-corrected chi connectivity index (χ2v) is 8.61. The number of carbonyl (C=O) groups excluding carboxylic acids is 1. The van der Waals surface area contributed by atoms with Crippen LogP contribution in [0.25, 0.3) is 10.9 Å². The zero-order valence-electron chi connectivity index (χ0n) is 16.4. The summed E-state index contributed by atoms with van der Waals surface area (Å²) < 4.78 is 1.49. The molecule has 0 amide bonds. The summed E-state index contributed by atoms with van der Waals surface area (Å²) in [5.74, 6) is -2.23. The Bertz CT molecular complexity index is 1140. The number of carboxylic acid groups (broad SMARTS) is 1. The van der Waals surface area contributed by atoms with Crippen LogP contribution in [0.2, 0.25) is 10.0 Å². The first-order valence-corrected chi connectivity index (χ1v) is 10.6. The van der Waals surface area contributed by atoms with Crippen molar-refractivity contribution < 1.29 is 19.8 Å². The minimum absolute atomic E-state index is 0.0377. The number of phenolic OH excluding ortho intramolecular Hbond substituents is 1. The Morgan fingerprint density at radius 2 is 1.70 bits per heavy atom. The predicted molar refractivity (Wildman–Crippen MR) is 117 cm³/mol. The largest absolute Gasteiger partial charge is 0.506 e. The minimum atomic E-state index is -0.942. The van der Waals surface area contributed by atoms with Crippen LogP contribution in [0, 0.1) is 12.8 Å². The van der Waals surface area contributed by atoms with Gasteiger partial charge in [0.05, 0.1) is 16.5 Å². The highest BCUT2D eigenvalue weighted by Gasteiger charge is 2.37. The molecule has 0 radical (unpaired) electrons. The predicted octanol–water partition coefficient (Wildman–Crippen LogP) is 6.01. The van der Waals surface area contributed by atoms with E-state index in [0.29, 0.717) is 32.7 Å². The molecule has 0 spiro atoms. The highest BCUT2D eigenvalue weighted by molar-refractivity contribution is 6.37. The highest BCUT2D eigenvalue weighted by Crippen LogP contribution is 2.46. The summed E-state index contributed by atoms with van der Waals surface area (Å²) >= 11 is 12.4. The number of aliphatic carboxylic acids is 1. The number of hydrogen-bond acceptors (Lipinski definition) is 3. The number of aromatic nitrogens is 1. The van der Waals surface area contributed by atoms with Crippen molar-refractivity contribution in [3.05, 3.63) is 63.3 Å². The van der Waals surface area contributed by atoms with Crippen molar-refractivity contribution in [2.75, 3.05) is 0 Å². The van der Waals surface area contributed by atoms with Gasteiger partial charge in [-0.1, -0.05) is 36.0 Å². The van der Waals surface area contributed by atoms with Crippen LogP contribution in [0.3, 0.4) is 0 Å². The van der Waals surface area contributed by atoms with Crippen LogP contribution in [0.1, 0.15) is 53.2 Å². The number of aromatic hydroxyl groups is 1. The van der Waals surface area contributed by atoms with Gasteiger partial charge in [0.2, 0.25) is 0 Å². The molecule has 5 nitrogen and oxygen atoms in total. The summed E-state index contributed by atoms with van der Waals surface area (Å²) in [6.07, 6.45) is 3.58. The fraction of sp³-hybridized carbons (Fsp3) is 0.304. The summed E-state index contributed by atoms with van der Waals surface area (Å²) in [7, 11) is 0. The molecule has 4 rings (SSSR count). The van der Waals surface area contributed by atoms with Crippen LogP contribution in [0.4, 0.5) is 0 Å². The molecule has 7 heteroatoms. The minimum Gasteiger partial charge on any atom is -0.506 e. The zero-order valence-corrected chi connectivity index (χ0v) is 17.9. The number of rotatable bonds is 4. The fourth-order valence-electron chi connectivity index (χ4n) is 4.69. The van der Waals surface area contributed by atoms with Crippen LogP contribution in [0.15, 0.2) is 36.4 Å². The van der Waals surface area contributed by atoms with E-state index in [9.17, 15) is 19.8 Å². The van der Waals surface area contributed by atoms with Gasteiger partial charge in [-0.25, -0.2) is 0 Å². The third kappa shape index (κ3) is 3.36. The molecule has 1 aliphatic carbocycles. The molecule has 0 saturated heterocycles. The van der Waals surface area contributed by atoms with E-state index in [4.69, 9.17) is 23.2 Å². The molecule has 2 N–H and O–H groups in total. The van der Waals surface area contributed by atoms with Crippen molar-refractivity contribution in [2.24, 2.45) is 5.92 Å². The van der Waals surface area contributed by atoms with Crippen molar-refractivity contribution in [1.82, 2.24) is 4.57 Å². The number of hydrogen-bond donors (Lipinski definition) is 2. The van der Waals surface area contributed by atoms with Crippen LogP contribution in [-0.4, -0.2) is 26.7 Å². The lowest BCUT2D eigenvalue weighted by molar-refractivity contribution is -0.140. The van der Waals surface area contributed by atoms with E-state index in [-0.39, 0.29) is 22.6 Å². The summed E-state index contributed by atoms with van der Waals surface area (Å²) in [4.78, 5) is 25.7. The van der Waals surface area contributed by atoms with Crippen LogP contribution in [0.5, 0.6) is 5.75 Å². The lowest BCUT2D eigenvalue weighted by atomic mass is 9.83. The number of fused-ring (bicyclic) bond motifs is 1. The van der Waals surface area contributed by atoms with Crippen molar-refractivity contribution in [3.8, 4) is 5.75 Å². The lowest BCUT2D eigenvalue weighted by Crippen LogP contribution is -2.21. The van der Waals surface area contributed by atoms with Crippen LogP contribution < -0.4 is 0 Å². The molecule has 156 valence electrons. The SMILES string of the molecule is Cc1c(C(C(=O)O)C2CCCC2)c2c(Cl)c(O)ccc2n1C(=O)c1ccc(Cl)cc1. The first-order valence-electron chi connectivity index (χ1n) is 9.86. The van der Waals surface area contributed by atoms with Crippen LogP contribution >= 0.6 is 23.2 Å². The normalized spacial score (nSPS) is 15.6. The molecule has 1 fully saturated rings. The molecule has 1 aromatic heterocycles. The topological polar surface area (TPSA) is 79.5 Å². The van der Waals surface area contributed by atoms with Crippen LogP contribution in [-0.2, 0) is 4.79 Å². The molecule has 0 aliphatic heterocycles. The van der Waals surface area contributed by atoms with Gasteiger partial charge in [-0.3, -0.25) is 14.2 Å². The molecule has 1 saturated carbocycles. The Balaban J connectivity index is 2.00. The Labute approximate surface area is 183 Å². The second kappa shape index (κ2) is 7.97. The fourth-order valence-corrected chi connectivity index (χ4v) is 5.08. The number of halogens is 2. The van der Waals surface area contributed by atoms with Crippen molar-refractivity contribution in [3.63, 3.8) is 0 Å². The van der Waals surface area contributed by atoms with E-state index < -0.39 is 11.9 Å². The molecule has 2 aromatic carbocycles. The molecule has 0 bridgehead atoms. The maximum atomic E-state index is 13.4. The third-order valence-corrected chi connectivity index (χ3v) is 6.71. The van der Waals surface area contributed by atoms with Gasteiger partial charge in [-0.2, -0.15) is 0 Å². The quantitative estimate of drug-likeness (QED) is 0.515. The summed E-state index contributed by atoms with van der Waals surface area (Å²) in [6.45, 7) is 1.74. The molecule has 30 heavy (non-hydrogen) atoms. The van der Waals surface area contributed by atoms with Crippen molar-refractivity contribution >= 4 is 46.0 Å². The van der Waals surface area contributed by atoms with E-state index in [1.54, 1.807) is 37.3 Å². The number of benzene rings is 2.